The smallest absolute Gasteiger partial charge is 0.267 e. The number of hydrogen-bond donors (Lipinski definition) is 1. The molecule has 4 nitrogen and oxygen atoms in total. The van der Waals surface area contributed by atoms with Gasteiger partial charge in [-0.1, -0.05) is 0 Å². The van der Waals surface area contributed by atoms with E-state index < -0.39 is 0 Å². The second kappa shape index (κ2) is 4.00. The number of amides is 1. The normalized spacial score (nSPS) is 23.8. The lowest BCUT2D eigenvalue weighted by atomic mass is 10.1. The summed E-state index contributed by atoms with van der Waals surface area (Å²) < 4.78 is 5.27. The maximum absolute atomic E-state index is 11.7. The van der Waals surface area contributed by atoms with Crippen molar-refractivity contribution >= 4 is 5.91 Å². The van der Waals surface area contributed by atoms with Gasteiger partial charge in [-0.2, -0.15) is 0 Å². The first-order valence-electron chi connectivity index (χ1n) is 5.09. The van der Waals surface area contributed by atoms with Crippen molar-refractivity contribution in [1.82, 2.24) is 10.2 Å². The standard InChI is InChI=1S/C10H16N2O2/c1-8-2-3-11-10(13)9(8)12-4-6-14-7-5-12/h2-7H2,1H3,(H,11,13). The fourth-order valence-corrected chi connectivity index (χ4v) is 1.96. The third-order valence-electron chi connectivity index (χ3n) is 2.73. The molecular formula is C10H16N2O2. The Labute approximate surface area is 83.9 Å². The molecular weight excluding hydrogens is 180 g/mol. The van der Waals surface area contributed by atoms with Crippen LogP contribution in [0, 0.1) is 0 Å². The highest BCUT2D eigenvalue weighted by Gasteiger charge is 2.24. The van der Waals surface area contributed by atoms with Crippen molar-refractivity contribution in [3.05, 3.63) is 11.3 Å². The highest BCUT2D eigenvalue weighted by atomic mass is 16.5. The maximum atomic E-state index is 11.7. The summed E-state index contributed by atoms with van der Waals surface area (Å²) in [7, 11) is 0. The van der Waals surface area contributed by atoms with E-state index in [-0.39, 0.29) is 5.91 Å². The quantitative estimate of drug-likeness (QED) is 0.647. The molecule has 0 saturated carbocycles. The van der Waals surface area contributed by atoms with E-state index in [0.29, 0.717) is 0 Å². The molecule has 0 unspecified atom stereocenters. The van der Waals surface area contributed by atoms with Crippen LogP contribution in [0.25, 0.3) is 0 Å². The summed E-state index contributed by atoms with van der Waals surface area (Å²) >= 11 is 0. The van der Waals surface area contributed by atoms with Crippen LogP contribution in [0.3, 0.4) is 0 Å². The van der Waals surface area contributed by atoms with Gasteiger partial charge in [0, 0.05) is 19.6 Å². The summed E-state index contributed by atoms with van der Waals surface area (Å²) in [5, 5.41) is 2.88. The molecule has 0 aromatic heterocycles. The molecule has 4 heteroatoms. The van der Waals surface area contributed by atoms with Crippen LogP contribution >= 0.6 is 0 Å². The van der Waals surface area contributed by atoms with Gasteiger partial charge in [0.25, 0.3) is 5.91 Å². The van der Waals surface area contributed by atoms with Gasteiger partial charge in [0.1, 0.15) is 5.70 Å². The lowest BCUT2D eigenvalue weighted by Gasteiger charge is -2.33. The molecule has 1 saturated heterocycles. The predicted octanol–water partition coefficient (Wildman–Crippen LogP) is 0.113. The Morgan fingerprint density at radius 2 is 2.07 bits per heavy atom. The number of hydrogen-bond acceptors (Lipinski definition) is 3. The summed E-state index contributed by atoms with van der Waals surface area (Å²) in [5.41, 5.74) is 2.08. The lowest BCUT2D eigenvalue weighted by molar-refractivity contribution is -0.120. The highest BCUT2D eigenvalue weighted by Crippen LogP contribution is 2.18. The third-order valence-corrected chi connectivity index (χ3v) is 2.73. The molecule has 0 atom stereocenters. The number of nitrogens with zero attached hydrogens (tertiary/aromatic N) is 1. The Hall–Kier alpha value is -1.03. The first kappa shape index (κ1) is 9.52. The number of rotatable bonds is 1. The molecule has 0 radical (unpaired) electrons. The Balaban J connectivity index is 2.16. The first-order valence-corrected chi connectivity index (χ1v) is 5.09. The molecule has 0 aliphatic carbocycles. The number of morpholine rings is 1. The van der Waals surface area contributed by atoms with E-state index in [1.807, 2.05) is 6.92 Å². The Bertz CT molecular complexity index is 267. The van der Waals surface area contributed by atoms with Crippen LogP contribution in [0.4, 0.5) is 0 Å². The molecule has 2 aliphatic heterocycles. The summed E-state index contributed by atoms with van der Waals surface area (Å²) in [6.45, 7) is 5.94. The largest absolute Gasteiger partial charge is 0.378 e. The van der Waals surface area contributed by atoms with E-state index >= 15 is 0 Å². The Morgan fingerprint density at radius 3 is 2.71 bits per heavy atom. The van der Waals surface area contributed by atoms with Crippen LogP contribution < -0.4 is 5.32 Å². The molecule has 78 valence electrons. The topological polar surface area (TPSA) is 41.6 Å². The monoisotopic (exact) mass is 196 g/mol. The molecule has 2 rings (SSSR count). The van der Waals surface area contributed by atoms with Crippen molar-refractivity contribution in [2.24, 2.45) is 0 Å². The van der Waals surface area contributed by atoms with E-state index in [9.17, 15) is 4.79 Å². The second-order valence-corrected chi connectivity index (χ2v) is 3.73. The minimum atomic E-state index is 0.0793. The molecule has 1 amide bonds. The van der Waals surface area contributed by atoms with Crippen LogP contribution in [0.1, 0.15) is 13.3 Å². The van der Waals surface area contributed by atoms with Crippen molar-refractivity contribution in [2.45, 2.75) is 13.3 Å². The Morgan fingerprint density at radius 1 is 1.36 bits per heavy atom. The van der Waals surface area contributed by atoms with Gasteiger partial charge < -0.3 is 15.0 Å². The lowest BCUT2D eigenvalue weighted by Crippen LogP contribution is -2.44. The van der Waals surface area contributed by atoms with E-state index in [1.54, 1.807) is 0 Å². The molecule has 2 aliphatic rings. The van der Waals surface area contributed by atoms with Gasteiger partial charge in [0.15, 0.2) is 0 Å². The van der Waals surface area contributed by atoms with Gasteiger partial charge in [-0.15, -0.1) is 0 Å². The van der Waals surface area contributed by atoms with Crippen molar-refractivity contribution in [3.8, 4) is 0 Å². The minimum absolute atomic E-state index is 0.0793. The average molecular weight is 196 g/mol. The SMILES string of the molecule is CC1=C(N2CCOCC2)C(=O)NCC1. The number of carbonyl (C=O) groups excluding carboxylic acids is 1. The zero-order chi connectivity index (χ0) is 9.97. The summed E-state index contributed by atoms with van der Waals surface area (Å²) in [5.74, 6) is 0.0793. The average Bonchev–Trinajstić information content (AvgIpc) is 2.19. The molecule has 14 heavy (non-hydrogen) atoms. The van der Waals surface area contributed by atoms with E-state index in [2.05, 4.69) is 10.2 Å². The summed E-state index contributed by atoms with van der Waals surface area (Å²) in [4.78, 5) is 13.8. The van der Waals surface area contributed by atoms with Crippen LogP contribution in [0.15, 0.2) is 11.3 Å². The third kappa shape index (κ3) is 1.75. The highest BCUT2D eigenvalue weighted by molar-refractivity contribution is 5.94. The molecule has 0 spiro atoms. The fraction of sp³-hybridized carbons (Fsp3) is 0.700. The van der Waals surface area contributed by atoms with Gasteiger partial charge in [-0.25, -0.2) is 0 Å². The van der Waals surface area contributed by atoms with Crippen molar-refractivity contribution in [2.75, 3.05) is 32.8 Å². The molecule has 0 bridgehead atoms. The van der Waals surface area contributed by atoms with Crippen LogP contribution in [-0.2, 0) is 9.53 Å². The van der Waals surface area contributed by atoms with Gasteiger partial charge in [-0.05, 0) is 18.9 Å². The maximum Gasteiger partial charge on any atom is 0.267 e. The molecule has 2 heterocycles. The van der Waals surface area contributed by atoms with Gasteiger partial charge in [-0.3, -0.25) is 4.79 Å². The minimum Gasteiger partial charge on any atom is -0.378 e. The fourth-order valence-electron chi connectivity index (χ4n) is 1.96. The van der Waals surface area contributed by atoms with Crippen LogP contribution in [0.2, 0.25) is 0 Å². The number of ether oxygens (including phenoxy) is 1. The van der Waals surface area contributed by atoms with Crippen LogP contribution in [-0.4, -0.2) is 43.7 Å². The van der Waals surface area contributed by atoms with Gasteiger partial charge >= 0.3 is 0 Å². The number of nitrogens with one attached hydrogen (secondary N) is 1. The molecule has 0 aromatic carbocycles. The van der Waals surface area contributed by atoms with Crippen molar-refractivity contribution < 1.29 is 9.53 Å². The predicted molar refractivity (Wildman–Crippen MR) is 52.7 cm³/mol. The van der Waals surface area contributed by atoms with Crippen LogP contribution in [0.5, 0.6) is 0 Å². The Kier molecular flexibility index (Phi) is 2.72. The van der Waals surface area contributed by atoms with Gasteiger partial charge in [0.2, 0.25) is 0 Å². The summed E-state index contributed by atoms with van der Waals surface area (Å²) in [6.07, 6.45) is 0.971. The zero-order valence-electron chi connectivity index (χ0n) is 8.51. The van der Waals surface area contributed by atoms with Gasteiger partial charge in [0.05, 0.1) is 13.2 Å². The molecule has 0 aromatic rings. The van der Waals surface area contributed by atoms with E-state index in [0.717, 1.165) is 45.0 Å². The van der Waals surface area contributed by atoms with E-state index in [1.165, 1.54) is 5.57 Å². The molecule has 1 fully saturated rings. The zero-order valence-corrected chi connectivity index (χ0v) is 8.51. The van der Waals surface area contributed by atoms with Crippen molar-refractivity contribution in [3.63, 3.8) is 0 Å². The molecule has 1 N–H and O–H groups in total. The summed E-state index contributed by atoms with van der Waals surface area (Å²) in [6, 6.07) is 0. The van der Waals surface area contributed by atoms with E-state index in [4.69, 9.17) is 4.74 Å². The van der Waals surface area contributed by atoms with Crippen molar-refractivity contribution in [1.29, 1.82) is 0 Å². The second-order valence-electron chi connectivity index (χ2n) is 3.73. The number of carbonyl (C=O) groups is 1. The first-order chi connectivity index (χ1) is 6.79.